The molecular formula is C23H30N2O3. The quantitative estimate of drug-likeness (QED) is 0.727. The molecule has 0 radical (unpaired) electrons. The summed E-state index contributed by atoms with van der Waals surface area (Å²) in [6.45, 7) is 7.50. The Morgan fingerprint density at radius 2 is 1.71 bits per heavy atom. The lowest BCUT2D eigenvalue weighted by molar-refractivity contribution is -0.133. The number of hydrogen-bond donors (Lipinski definition) is 0. The van der Waals surface area contributed by atoms with E-state index in [1.807, 2.05) is 35.2 Å². The number of para-hydroxylation sites is 1. The lowest BCUT2D eigenvalue weighted by atomic mass is 9.98. The number of ether oxygens (including phenoxy) is 2. The molecule has 1 atom stereocenters. The van der Waals surface area contributed by atoms with Crippen LogP contribution in [0.15, 0.2) is 48.5 Å². The minimum absolute atomic E-state index is 0.0494. The topological polar surface area (TPSA) is 42.0 Å². The van der Waals surface area contributed by atoms with Gasteiger partial charge < -0.3 is 19.3 Å². The Balaban J connectivity index is 1.52. The van der Waals surface area contributed by atoms with Gasteiger partial charge in [0.15, 0.2) is 6.61 Å². The van der Waals surface area contributed by atoms with Gasteiger partial charge in [-0.1, -0.05) is 32.0 Å². The maximum absolute atomic E-state index is 12.6. The number of piperazine rings is 1. The van der Waals surface area contributed by atoms with Crippen LogP contribution in [0.25, 0.3) is 0 Å². The summed E-state index contributed by atoms with van der Waals surface area (Å²) in [5, 5.41) is 0. The first-order valence-electron chi connectivity index (χ1n) is 10.0. The first kappa shape index (κ1) is 20.1. The number of carbonyl (C=O) groups is 1. The molecule has 5 heteroatoms. The molecule has 1 aliphatic rings. The Bertz CT molecular complexity index is 768. The van der Waals surface area contributed by atoms with Crippen LogP contribution in [0.5, 0.6) is 11.5 Å². The average Bonchev–Trinajstić information content (AvgIpc) is 2.77. The Morgan fingerprint density at radius 1 is 1.04 bits per heavy atom. The van der Waals surface area contributed by atoms with E-state index in [0.717, 1.165) is 36.7 Å². The highest BCUT2D eigenvalue weighted by atomic mass is 16.5. The zero-order valence-corrected chi connectivity index (χ0v) is 17.1. The summed E-state index contributed by atoms with van der Waals surface area (Å²) >= 11 is 0. The molecule has 0 saturated carbocycles. The molecule has 0 aliphatic carbocycles. The van der Waals surface area contributed by atoms with Crippen LogP contribution in [0.3, 0.4) is 0 Å². The molecule has 150 valence electrons. The monoisotopic (exact) mass is 382 g/mol. The smallest absolute Gasteiger partial charge is 0.260 e. The third-order valence-electron chi connectivity index (χ3n) is 5.48. The van der Waals surface area contributed by atoms with Crippen molar-refractivity contribution in [2.75, 3.05) is 44.8 Å². The van der Waals surface area contributed by atoms with Crippen LogP contribution >= 0.6 is 0 Å². The second-order valence-electron chi connectivity index (χ2n) is 7.20. The molecule has 3 rings (SSSR count). The number of nitrogens with zero attached hydrogens (tertiary/aromatic N) is 2. The van der Waals surface area contributed by atoms with Crippen LogP contribution in [0.4, 0.5) is 5.69 Å². The van der Waals surface area contributed by atoms with E-state index >= 15 is 0 Å². The summed E-state index contributed by atoms with van der Waals surface area (Å²) in [4.78, 5) is 16.8. The van der Waals surface area contributed by atoms with Gasteiger partial charge in [0.1, 0.15) is 11.5 Å². The minimum Gasteiger partial charge on any atom is -0.497 e. The number of amides is 1. The van der Waals surface area contributed by atoms with Gasteiger partial charge in [0.2, 0.25) is 0 Å². The van der Waals surface area contributed by atoms with Gasteiger partial charge >= 0.3 is 0 Å². The Labute approximate surface area is 167 Å². The van der Waals surface area contributed by atoms with E-state index < -0.39 is 0 Å². The van der Waals surface area contributed by atoms with Crippen molar-refractivity contribution >= 4 is 11.6 Å². The first-order chi connectivity index (χ1) is 13.6. The molecular weight excluding hydrogens is 352 g/mol. The second kappa shape index (κ2) is 9.49. The van der Waals surface area contributed by atoms with Crippen LogP contribution in [-0.2, 0) is 4.79 Å². The predicted octanol–water partition coefficient (Wildman–Crippen LogP) is 3.94. The number of benzene rings is 2. The van der Waals surface area contributed by atoms with Gasteiger partial charge in [-0.05, 0) is 48.2 Å². The lowest BCUT2D eigenvalue weighted by Crippen LogP contribution is -2.50. The lowest BCUT2D eigenvalue weighted by Gasteiger charge is -2.36. The molecule has 28 heavy (non-hydrogen) atoms. The van der Waals surface area contributed by atoms with E-state index in [-0.39, 0.29) is 12.5 Å². The molecule has 5 nitrogen and oxygen atoms in total. The summed E-state index contributed by atoms with van der Waals surface area (Å²) in [7, 11) is 1.67. The molecule has 1 heterocycles. The van der Waals surface area contributed by atoms with Crippen molar-refractivity contribution in [2.45, 2.75) is 26.2 Å². The third-order valence-corrected chi connectivity index (χ3v) is 5.48. The fourth-order valence-corrected chi connectivity index (χ4v) is 3.48. The van der Waals surface area contributed by atoms with E-state index in [1.54, 1.807) is 7.11 Å². The van der Waals surface area contributed by atoms with Crippen LogP contribution in [-0.4, -0.2) is 50.7 Å². The normalized spacial score (nSPS) is 15.2. The summed E-state index contributed by atoms with van der Waals surface area (Å²) < 4.78 is 11.1. The summed E-state index contributed by atoms with van der Waals surface area (Å²) in [6, 6.07) is 16.1. The summed E-state index contributed by atoms with van der Waals surface area (Å²) in [6.07, 6.45) is 1.04. The van der Waals surface area contributed by atoms with E-state index in [2.05, 4.69) is 36.9 Å². The van der Waals surface area contributed by atoms with Gasteiger partial charge in [-0.3, -0.25) is 4.79 Å². The standard InChI is InChI=1S/C23H30N2O3/c1-4-18(2)21-7-5-6-8-22(21)28-17-23(26)25-15-13-24(14-16-25)19-9-11-20(27-3)12-10-19/h5-12,18H,4,13-17H2,1-3H3. The Hall–Kier alpha value is -2.69. The number of methoxy groups -OCH3 is 1. The molecule has 1 aliphatic heterocycles. The average molecular weight is 383 g/mol. The summed E-state index contributed by atoms with van der Waals surface area (Å²) in [5.74, 6) is 2.14. The number of rotatable bonds is 7. The van der Waals surface area contributed by atoms with Crippen LogP contribution in [0, 0.1) is 0 Å². The fraction of sp³-hybridized carbons (Fsp3) is 0.435. The predicted molar refractivity (Wildman–Crippen MR) is 112 cm³/mol. The van der Waals surface area contributed by atoms with Crippen molar-refractivity contribution in [3.8, 4) is 11.5 Å². The molecule has 0 spiro atoms. The van der Waals surface area contributed by atoms with Crippen molar-refractivity contribution in [2.24, 2.45) is 0 Å². The molecule has 2 aromatic carbocycles. The van der Waals surface area contributed by atoms with Crippen LogP contribution < -0.4 is 14.4 Å². The van der Waals surface area contributed by atoms with Crippen molar-refractivity contribution in [3.63, 3.8) is 0 Å². The first-order valence-corrected chi connectivity index (χ1v) is 10.0. The highest BCUT2D eigenvalue weighted by molar-refractivity contribution is 5.78. The SMILES string of the molecule is CCC(C)c1ccccc1OCC(=O)N1CCN(c2ccc(OC)cc2)CC1. The Kier molecular flexibility index (Phi) is 6.80. The van der Waals surface area contributed by atoms with Gasteiger partial charge in [0.05, 0.1) is 7.11 Å². The molecule has 1 fully saturated rings. The molecule has 0 N–H and O–H groups in total. The maximum atomic E-state index is 12.6. The molecule has 2 aromatic rings. The third kappa shape index (κ3) is 4.77. The second-order valence-corrected chi connectivity index (χ2v) is 7.20. The van der Waals surface area contributed by atoms with Crippen molar-refractivity contribution < 1.29 is 14.3 Å². The number of anilines is 1. The van der Waals surface area contributed by atoms with E-state index in [0.29, 0.717) is 19.0 Å². The highest BCUT2D eigenvalue weighted by Gasteiger charge is 2.22. The van der Waals surface area contributed by atoms with Crippen LogP contribution in [0.1, 0.15) is 31.7 Å². The summed E-state index contributed by atoms with van der Waals surface area (Å²) in [5.41, 5.74) is 2.33. The van der Waals surface area contributed by atoms with E-state index in [1.165, 1.54) is 5.56 Å². The van der Waals surface area contributed by atoms with Gasteiger partial charge in [-0.25, -0.2) is 0 Å². The minimum atomic E-state index is 0.0494. The zero-order chi connectivity index (χ0) is 19.9. The Morgan fingerprint density at radius 3 is 2.36 bits per heavy atom. The molecule has 0 bridgehead atoms. The van der Waals surface area contributed by atoms with Crippen molar-refractivity contribution in [1.82, 2.24) is 4.90 Å². The van der Waals surface area contributed by atoms with Gasteiger partial charge in [-0.15, -0.1) is 0 Å². The fourth-order valence-electron chi connectivity index (χ4n) is 3.48. The van der Waals surface area contributed by atoms with Crippen molar-refractivity contribution in [3.05, 3.63) is 54.1 Å². The zero-order valence-electron chi connectivity index (χ0n) is 17.1. The van der Waals surface area contributed by atoms with Gasteiger partial charge in [-0.2, -0.15) is 0 Å². The number of hydrogen-bond acceptors (Lipinski definition) is 4. The van der Waals surface area contributed by atoms with Crippen LogP contribution in [0.2, 0.25) is 0 Å². The molecule has 1 amide bonds. The molecule has 1 saturated heterocycles. The highest BCUT2D eigenvalue weighted by Crippen LogP contribution is 2.28. The molecule has 1 unspecified atom stereocenters. The van der Waals surface area contributed by atoms with Gasteiger partial charge in [0, 0.05) is 31.9 Å². The largest absolute Gasteiger partial charge is 0.497 e. The molecule has 0 aromatic heterocycles. The van der Waals surface area contributed by atoms with Crippen molar-refractivity contribution in [1.29, 1.82) is 0 Å². The maximum Gasteiger partial charge on any atom is 0.260 e. The van der Waals surface area contributed by atoms with Gasteiger partial charge in [0.25, 0.3) is 5.91 Å². The number of carbonyl (C=O) groups excluding carboxylic acids is 1. The van der Waals surface area contributed by atoms with E-state index in [4.69, 9.17) is 9.47 Å². The van der Waals surface area contributed by atoms with E-state index in [9.17, 15) is 4.79 Å².